The van der Waals surface area contributed by atoms with Gasteiger partial charge in [-0.15, -0.1) is 0 Å². The molecule has 0 aromatic heterocycles. The van der Waals surface area contributed by atoms with Crippen molar-refractivity contribution in [3.63, 3.8) is 0 Å². The molecule has 210 valence electrons. The molecule has 2 aliphatic heterocycles. The molecular weight excluding hydrogens is 496 g/mol. The normalized spacial score (nSPS) is 19.4. The van der Waals surface area contributed by atoms with Gasteiger partial charge in [0.25, 0.3) is 11.7 Å². The summed E-state index contributed by atoms with van der Waals surface area (Å²) in [7, 11) is 0. The van der Waals surface area contributed by atoms with E-state index in [-0.39, 0.29) is 11.3 Å². The van der Waals surface area contributed by atoms with Crippen molar-refractivity contribution in [1.29, 1.82) is 0 Å². The van der Waals surface area contributed by atoms with Gasteiger partial charge >= 0.3 is 0 Å². The summed E-state index contributed by atoms with van der Waals surface area (Å²) in [6.45, 7) is 9.57. The molecule has 8 heteroatoms. The van der Waals surface area contributed by atoms with Crippen molar-refractivity contribution in [2.75, 3.05) is 52.6 Å². The van der Waals surface area contributed by atoms with Gasteiger partial charge < -0.3 is 24.2 Å². The lowest BCUT2D eigenvalue weighted by Gasteiger charge is -2.29. The fraction of sp³-hybridized carbons (Fsp3) is 0.484. The molecule has 2 saturated heterocycles. The summed E-state index contributed by atoms with van der Waals surface area (Å²) in [5.74, 6) is -0.0294. The number of hydrogen-bond acceptors (Lipinski definition) is 7. The minimum atomic E-state index is -0.685. The zero-order valence-electron chi connectivity index (χ0n) is 23.1. The van der Waals surface area contributed by atoms with E-state index in [1.807, 2.05) is 31.2 Å². The fourth-order valence-electron chi connectivity index (χ4n) is 5.07. The topological polar surface area (TPSA) is 88.5 Å². The van der Waals surface area contributed by atoms with Gasteiger partial charge in [0, 0.05) is 31.7 Å². The molecule has 2 aromatic carbocycles. The van der Waals surface area contributed by atoms with Crippen LogP contribution in [0.2, 0.25) is 0 Å². The molecule has 2 fully saturated rings. The SMILES string of the molecule is CCCCCOc1ccc(C2C(=C(O)c3ccc(OCC)cc3)C(=O)C(=O)N2CCCN2CCOCC2)cc1. The molecule has 1 N–H and O–H groups in total. The summed E-state index contributed by atoms with van der Waals surface area (Å²) in [6.07, 6.45) is 3.94. The van der Waals surface area contributed by atoms with Crippen molar-refractivity contribution in [2.45, 2.75) is 45.6 Å². The molecule has 0 aliphatic carbocycles. The first-order chi connectivity index (χ1) is 19.0. The standard InChI is InChI=1S/C31H40N2O6/c1-3-5-6-20-39-26-12-8-23(9-13-26)28-27(29(34)24-10-14-25(15-11-24)38-4-2)30(35)31(36)33(28)17-7-16-32-18-21-37-22-19-32/h8-15,28,34H,3-7,16-22H2,1-2H3. The second-order valence-corrected chi connectivity index (χ2v) is 9.88. The molecule has 0 radical (unpaired) electrons. The minimum absolute atomic E-state index is 0.104. The number of rotatable bonds is 13. The average molecular weight is 537 g/mol. The first kappa shape index (κ1) is 28.6. The van der Waals surface area contributed by atoms with Crippen LogP contribution in [0, 0.1) is 0 Å². The van der Waals surface area contributed by atoms with Crippen LogP contribution in [0.1, 0.15) is 56.7 Å². The highest BCUT2D eigenvalue weighted by atomic mass is 16.5. The number of ketones is 1. The molecule has 4 rings (SSSR count). The Morgan fingerprint density at radius 1 is 0.897 bits per heavy atom. The van der Waals surface area contributed by atoms with Crippen LogP contribution in [0.4, 0.5) is 0 Å². The Morgan fingerprint density at radius 3 is 2.23 bits per heavy atom. The molecule has 0 saturated carbocycles. The first-order valence-electron chi connectivity index (χ1n) is 14.1. The predicted octanol–water partition coefficient (Wildman–Crippen LogP) is 4.80. The van der Waals surface area contributed by atoms with E-state index in [9.17, 15) is 14.7 Å². The number of carbonyl (C=O) groups is 2. The van der Waals surface area contributed by atoms with Gasteiger partial charge in [0.1, 0.15) is 17.3 Å². The molecule has 2 aromatic rings. The van der Waals surface area contributed by atoms with Crippen molar-refractivity contribution in [2.24, 2.45) is 0 Å². The highest BCUT2D eigenvalue weighted by Crippen LogP contribution is 2.40. The maximum Gasteiger partial charge on any atom is 0.295 e. The second-order valence-electron chi connectivity index (χ2n) is 9.88. The summed E-state index contributed by atoms with van der Waals surface area (Å²) in [5.41, 5.74) is 1.33. The van der Waals surface area contributed by atoms with E-state index in [0.29, 0.717) is 50.7 Å². The number of aliphatic hydroxyl groups excluding tert-OH is 1. The molecule has 1 amide bonds. The van der Waals surface area contributed by atoms with E-state index < -0.39 is 17.7 Å². The summed E-state index contributed by atoms with van der Waals surface area (Å²) >= 11 is 0. The summed E-state index contributed by atoms with van der Waals surface area (Å²) in [4.78, 5) is 30.5. The Kier molecular flexibility index (Phi) is 10.4. The third kappa shape index (κ3) is 7.19. The summed E-state index contributed by atoms with van der Waals surface area (Å²) in [5, 5.41) is 11.3. The zero-order chi connectivity index (χ0) is 27.6. The molecular formula is C31H40N2O6. The fourth-order valence-corrected chi connectivity index (χ4v) is 5.07. The van der Waals surface area contributed by atoms with E-state index in [1.165, 1.54) is 0 Å². The number of Topliss-reactive ketones (excluding diaryl/α,β-unsaturated/α-hetero) is 1. The largest absolute Gasteiger partial charge is 0.507 e. The lowest BCUT2D eigenvalue weighted by Crippen LogP contribution is -2.38. The first-order valence-corrected chi connectivity index (χ1v) is 14.1. The minimum Gasteiger partial charge on any atom is -0.507 e. The lowest BCUT2D eigenvalue weighted by atomic mass is 9.95. The Bertz CT molecular complexity index is 1120. The quantitative estimate of drug-likeness (QED) is 0.170. The number of nitrogens with zero attached hydrogens (tertiary/aromatic N) is 2. The Morgan fingerprint density at radius 2 is 1.56 bits per heavy atom. The van der Waals surface area contributed by atoms with Crippen molar-refractivity contribution < 1.29 is 28.9 Å². The second kappa shape index (κ2) is 14.1. The molecule has 39 heavy (non-hydrogen) atoms. The van der Waals surface area contributed by atoms with Crippen LogP contribution in [0.15, 0.2) is 54.1 Å². The molecule has 0 spiro atoms. The van der Waals surface area contributed by atoms with Gasteiger partial charge in [-0.2, -0.15) is 0 Å². The molecule has 8 nitrogen and oxygen atoms in total. The van der Waals surface area contributed by atoms with E-state index in [1.54, 1.807) is 29.2 Å². The summed E-state index contributed by atoms with van der Waals surface area (Å²) < 4.78 is 16.8. The number of ether oxygens (including phenoxy) is 3. The van der Waals surface area contributed by atoms with Gasteiger partial charge in [-0.05, 0) is 61.7 Å². The third-order valence-electron chi connectivity index (χ3n) is 7.17. The molecule has 2 heterocycles. The smallest absolute Gasteiger partial charge is 0.295 e. The van der Waals surface area contributed by atoms with Gasteiger partial charge in [-0.25, -0.2) is 0 Å². The van der Waals surface area contributed by atoms with Crippen LogP contribution in [0.5, 0.6) is 11.5 Å². The van der Waals surface area contributed by atoms with Gasteiger partial charge in [-0.3, -0.25) is 14.5 Å². The number of hydrogen-bond donors (Lipinski definition) is 1. The maximum atomic E-state index is 13.3. The molecule has 2 aliphatic rings. The number of benzene rings is 2. The Balaban J connectivity index is 1.60. The molecule has 1 unspecified atom stereocenters. The van der Waals surface area contributed by atoms with Gasteiger partial charge in [0.05, 0.1) is 38.0 Å². The molecule has 0 bridgehead atoms. The predicted molar refractivity (Wildman–Crippen MR) is 150 cm³/mol. The van der Waals surface area contributed by atoms with Crippen LogP contribution in [0.25, 0.3) is 5.76 Å². The number of carbonyl (C=O) groups excluding carboxylic acids is 2. The van der Waals surface area contributed by atoms with Gasteiger partial charge in [0.15, 0.2) is 0 Å². The van der Waals surface area contributed by atoms with E-state index in [4.69, 9.17) is 14.2 Å². The van der Waals surface area contributed by atoms with Gasteiger partial charge in [0.2, 0.25) is 0 Å². The number of amides is 1. The average Bonchev–Trinajstić information content (AvgIpc) is 3.21. The van der Waals surface area contributed by atoms with E-state index in [2.05, 4.69) is 11.8 Å². The molecule has 1 atom stereocenters. The van der Waals surface area contributed by atoms with Crippen LogP contribution >= 0.6 is 0 Å². The summed E-state index contributed by atoms with van der Waals surface area (Å²) in [6, 6.07) is 13.7. The number of likely N-dealkylation sites (tertiary alicyclic amines) is 1. The van der Waals surface area contributed by atoms with Crippen LogP contribution in [0.3, 0.4) is 0 Å². The van der Waals surface area contributed by atoms with Crippen molar-refractivity contribution >= 4 is 17.4 Å². The number of aliphatic hydroxyl groups is 1. The maximum absolute atomic E-state index is 13.3. The highest BCUT2D eigenvalue weighted by molar-refractivity contribution is 6.46. The van der Waals surface area contributed by atoms with Gasteiger partial charge in [-0.1, -0.05) is 31.9 Å². The monoisotopic (exact) mass is 536 g/mol. The zero-order valence-corrected chi connectivity index (χ0v) is 23.1. The third-order valence-corrected chi connectivity index (χ3v) is 7.17. The Labute approximate surface area is 231 Å². The van der Waals surface area contributed by atoms with Crippen LogP contribution < -0.4 is 9.47 Å². The van der Waals surface area contributed by atoms with Crippen LogP contribution in [-0.2, 0) is 14.3 Å². The highest BCUT2D eigenvalue weighted by Gasteiger charge is 2.45. The number of unbranched alkanes of at least 4 members (excludes halogenated alkanes) is 2. The Hall–Kier alpha value is -3.36. The van der Waals surface area contributed by atoms with E-state index >= 15 is 0 Å². The van der Waals surface area contributed by atoms with Crippen molar-refractivity contribution in [3.05, 3.63) is 65.2 Å². The number of morpholine rings is 1. The van der Waals surface area contributed by atoms with Crippen LogP contribution in [-0.4, -0.2) is 79.2 Å². The lowest BCUT2D eigenvalue weighted by molar-refractivity contribution is -0.140. The van der Waals surface area contributed by atoms with Crippen molar-refractivity contribution in [1.82, 2.24) is 9.80 Å². The van der Waals surface area contributed by atoms with E-state index in [0.717, 1.165) is 50.2 Å². The van der Waals surface area contributed by atoms with Crippen molar-refractivity contribution in [3.8, 4) is 11.5 Å².